The number of carbonyl (C=O) groups excluding carboxylic acids is 1. The van der Waals surface area contributed by atoms with E-state index in [1.807, 2.05) is 0 Å². The topological polar surface area (TPSA) is 153 Å². The molecule has 0 saturated heterocycles. The molecule has 0 saturated carbocycles. The highest BCUT2D eigenvalue weighted by Crippen LogP contribution is 2.32. The minimum atomic E-state index is -0.711. The first-order valence-electron chi connectivity index (χ1n) is 8.74. The molecule has 0 spiro atoms. The highest BCUT2D eigenvalue weighted by atomic mass is 127. The Morgan fingerprint density at radius 3 is 2.88 bits per heavy atom. The van der Waals surface area contributed by atoms with E-state index < -0.39 is 22.3 Å². The molecule has 2 N–H and O–H groups in total. The van der Waals surface area contributed by atoms with E-state index >= 15 is 0 Å². The van der Waals surface area contributed by atoms with Gasteiger partial charge in [-0.15, -0.1) is 10.2 Å². The van der Waals surface area contributed by atoms with Crippen molar-refractivity contribution in [2.45, 2.75) is 11.8 Å². The number of thioether (sulfide) groups is 1. The second-order valence-electron chi connectivity index (χ2n) is 6.03. The second-order valence-corrected chi connectivity index (χ2v) is 8.97. The molecule has 1 aromatic heterocycles. The first kappa shape index (κ1) is 25.0. The summed E-state index contributed by atoms with van der Waals surface area (Å²) in [6.45, 7) is -0.0248. The van der Waals surface area contributed by atoms with Gasteiger partial charge in [-0.25, -0.2) is 5.43 Å². The van der Waals surface area contributed by atoms with Crippen LogP contribution in [-0.4, -0.2) is 38.1 Å². The number of benzene rings is 2. The van der Waals surface area contributed by atoms with Gasteiger partial charge in [-0.3, -0.25) is 14.9 Å². The highest BCUT2D eigenvalue weighted by molar-refractivity contribution is 14.1. The van der Waals surface area contributed by atoms with Crippen LogP contribution in [0.25, 0.3) is 0 Å². The predicted octanol–water partition coefficient (Wildman–Crippen LogP) is 4.42. The third-order valence-corrected chi connectivity index (χ3v) is 5.86. The van der Waals surface area contributed by atoms with Gasteiger partial charge in [0.2, 0.25) is 5.75 Å². The Morgan fingerprint density at radius 1 is 1.36 bits per heavy atom. The van der Waals surface area contributed by atoms with Crippen molar-refractivity contribution in [2.24, 2.45) is 5.10 Å². The molecule has 0 aliphatic carbocycles. The van der Waals surface area contributed by atoms with Crippen LogP contribution in [0.1, 0.15) is 11.5 Å². The molecule has 1 heterocycles. The van der Waals surface area contributed by atoms with E-state index in [9.17, 15) is 20.0 Å². The molecule has 0 atom stereocenters. The van der Waals surface area contributed by atoms with Crippen LogP contribution in [0, 0.1) is 13.7 Å². The zero-order chi connectivity index (χ0) is 24.0. The third-order valence-electron chi connectivity index (χ3n) is 3.69. The zero-order valence-electron chi connectivity index (χ0n) is 16.2. The summed E-state index contributed by atoms with van der Waals surface area (Å²) in [5.41, 5.74) is 2.16. The van der Waals surface area contributed by atoms with Crippen molar-refractivity contribution in [2.75, 3.05) is 5.75 Å². The Hall–Kier alpha value is -2.62. The van der Waals surface area contributed by atoms with E-state index in [1.165, 1.54) is 12.3 Å². The van der Waals surface area contributed by atoms with Crippen molar-refractivity contribution in [1.29, 1.82) is 0 Å². The van der Waals surface area contributed by atoms with Crippen LogP contribution in [0.5, 0.6) is 11.5 Å². The smallest absolute Gasteiger partial charge is 0.312 e. The Labute approximate surface area is 213 Å². The van der Waals surface area contributed by atoms with Gasteiger partial charge in [0.05, 0.1) is 25.5 Å². The van der Waals surface area contributed by atoms with Crippen LogP contribution >= 0.6 is 57.6 Å². The number of aromatic nitrogens is 2. The van der Waals surface area contributed by atoms with E-state index in [-0.39, 0.29) is 27.0 Å². The molecular formula is C18H12Cl2IN5O6S. The minimum Gasteiger partial charge on any atom is -0.501 e. The lowest BCUT2D eigenvalue weighted by molar-refractivity contribution is -0.386. The number of nitro groups is 1. The van der Waals surface area contributed by atoms with Gasteiger partial charge in [0, 0.05) is 16.7 Å². The lowest BCUT2D eigenvalue weighted by Crippen LogP contribution is -2.19. The third kappa shape index (κ3) is 7.18. The number of aromatic hydroxyl groups is 1. The van der Waals surface area contributed by atoms with Crippen molar-refractivity contribution in [3.05, 3.63) is 65.5 Å². The maximum Gasteiger partial charge on any atom is 0.312 e. The summed E-state index contributed by atoms with van der Waals surface area (Å²) in [4.78, 5) is 22.2. The number of rotatable bonds is 9. The van der Waals surface area contributed by atoms with E-state index in [0.29, 0.717) is 21.4 Å². The van der Waals surface area contributed by atoms with Crippen molar-refractivity contribution >= 4 is 75.4 Å². The fraction of sp³-hybridized carbons (Fsp3) is 0.111. The molecule has 0 bridgehead atoms. The van der Waals surface area contributed by atoms with Gasteiger partial charge in [0.1, 0.15) is 5.75 Å². The van der Waals surface area contributed by atoms with Gasteiger partial charge in [-0.1, -0.05) is 35.0 Å². The first-order chi connectivity index (χ1) is 15.7. The standard InChI is InChI=1S/C18H12Cl2IN5O6S/c19-10-1-2-14(11(20)5-10)31-7-16-24-25-18(32-16)33-8-15(27)23-22-6-9-3-12(21)17(28)13(4-9)26(29)30/h1-6,28H,7-8H2,(H,23,27)/b22-6-. The molecule has 1 amide bonds. The van der Waals surface area contributed by atoms with Gasteiger partial charge in [0.15, 0.2) is 6.61 Å². The van der Waals surface area contributed by atoms with Gasteiger partial charge >= 0.3 is 5.69 Å². The normalized spacial score (nSPS) is 11.0. The molecule has 0 fully saturated rings. The number of nitrogens with one attached hydrogen (secondary N) is 1. The van der Waals surface area contributed by atoms with Gasteiger partial charge in [-0.2, -0.15) is 5.10 Å². The summed E-state index contributed by atoms with van der Waals surface area (Å²) in [5, 5.41) is 33.0. The lowest BCUT2D eigenvalue weighted by Gasteiger charge is -2.05. The molecule has 3 rings (SSSR count). The number of nitrogens with zero attached hydrogens (tertiary/aromatic N) is 4. The van der Waals surface area contributed by atoms with Crippen LogP contribution in [0.4, 0.5) is 5.69 Å². The number of ether oxygens (including phenoxy) is 1. The maximum absolute atomic E-state index is 11.9. The number of phenolic OH excluding ortho intramolecular Hbond substituents is 1. The molecular weight excluding hydrogens is 612 g/mol. The Kier molecular flexibility index (Phi) is 8.71. The fourth-order valence-electron chi connectivity index (χ4n) is 2.24. The van der Waals surface area contributed by atoms with Gasteiger partial charge < -0.3 is 14.3 Å². The van der Waals surface area contributed by atoms with Gasteiger partial charge in [0.25, 0.3) is 17.0 Å². The predicted molar refractivity (Wildman–Crippen MR) is 129 cm³/mol. The molecule has 0 aliphatic rings. The maximum atomic E-state index is 11.9. The Balaban J connectivity index is 1.48. The summed E-state index contributed by atoms with van der Waals surface area (Å²) < 4.78 is 11.2. The van der Waals surface area contributed by atoms with Gasteiger partial charge in [-0.05, 0) is 46.9 Å². The molecule has 0 radical (unpaired) electrons. The van der Waals surface area contributed by atoms with Crippen LogP contribution in [0.2, 0.25) is 10.0 Å². The summed E-state index contributed by atoms with van der Waals surface area (Å²) in [6.07, 6.45) is 1.22. The number of halogens is 3. The SMILES string of the molecule is O=C(CSc1nnc(COc2ccc(Cl)cc2Cl)o1)N/N=C\c1cc(I)c(O)c([N+](=O)[O-])c1. The van der Waals surface area contributed by atoms with E-state index in [2.05, 4.69) is 20.7 Å². The number of hydrogen-bond donors (Lipinski definition) is 2. The van der Waals surface area contributed by atoms with Crippen molar-refractivity contribution in [1.82, 2.24) is 15.6 Å². The summed E-state index contributed by atoms with van der Waals surface area (Å²) in [6, 6.07) is 7.40. The number of nitro benzene ring substituents is 1. The zero-order valence-corrected chi connectivity index (χ0v) is 20.7. The molecule has 15 heteroatoms. The van der Waals surface area contributed by atoms with E-state index in [4.69, 9.17) is 32.4 Å². The Morgan fingerprint density at radius 2 is 2.15 bits per heavy atom. The number of phenols is 1. The summed E-state index contributed by atoms with van der Waals surface area (Å²) in [5.74, 6) is -0.386. The molecule has 0 aliphatic heterocycles. The highest BCUT2D eigenvalue weighted by Gasteiger charge is 2.17. The van der Waals surface area contributed by atoms with Crippen LogP contribution in [0.15, 0.2) is 45.1 Å². The molecule has 2 aromatic carbocycles. The number of hydrazone groups is 1. The van der Waals surface area contributed by atoms with Crippen LogP contribution < -0.4 is 10.2 Å². The monoisotopic (exact) mass is 623 g/mol. The number of amides is 1. The van der Waals surface area contributed by atoms with Crippen molar-refractivity contribution in [3.8, 4) is 11.5 Å². The molecule has 11 nitrogen and oxygen atoms in total. The average Bonchev–Trinajstić information content (AvgIpc) is 3.21. The Bertz CT molecular complexity index is 1230. The average molecular weight is 624 g/mol. The van der Waals surface area contributed by atoms with Crippen LogP contribution in [0.3, 0.4) is 0 Å². The van der Waals surface area contributed by atoms with E-state index in [1.54, 1.807) is 40.8 Å². The van der Waals surface area contributed by atoms with Crippen molar-refractivity contribution in [3.63, 3.8) is 0 Å². The quantitative estimate of drug-likeness (QED) is 0.116. The molecule has 0 unspecified atom stereocenters. The minimum absolute atomic E-state index is 0.0248. The molecule has 33 heavy (non-hydrogen) atoms. The lowest BCUT2D eigenvalue weighted by atomic mass is 10.2. The summed E-state index contributed by atoms with van der Waals surface area (Å²) in [7, 11) is 0. The van der Waals surface area contributed by atoms with Crippen LogP contribution in [-0.2, 0) is 11.4 Å². The number of hydrogen-bond acceptors (Lipinski definition) is 10. The molecule has 172 valence electrons. The first-order valence-corrected chi connectivity index (χ1v) is 11.6. The van der Waals surface area contributed by atoms with Crippen molar-refractivity contribution < 1.29 is 24.0 Å². The summed E-state index contributed by atoms with van der Waals surface area (Å²) >= 11 is 14.6. The largest absolute Gasteiger partial charge is 0.501 e. The second kappa shape index (κ2) is 11.5. The molecule has 3 aromatic rings. The number of carbonyl (C=O) groups is 1. The fourth-order valence-corrected chi connectivity index (χ4v) is 3.92. The van der Waals surface area contributed by atoms with E-state index in [0.717, 1.165) is 17.8 Å².